The first kappa shape index (κ1) is 21.7. The highest BCUT2D eigenvalue weighted by atomic mass is 16.2. The average molecular weight is 454 g/mol. The molecule has 1 saturated heterocycles. The number of para-hydroxylation sites is 3. The molecule has 0 aliphatic carbocycles. The van der Waals surface area contributed by atoms with E-state index in [-0.39, 0.29) is 11.8 Å². The van der Waals surface area contributed by atoms with Gasteiger partial charge in [0.15, 0.2) is 0 Å². The van der Waals surface area contributed by atoms with Crippen molar-refractivity contribution in [2.24, 2.45) is 0 Å². The molecule has 1 aliphatic heterocycles. The molecular formula is C27H27N5O2. The first-order valence-corrected chi connectivity index (χ1v) is 11.6. The van der Waals surface area contributed by atoms with Crippen LogP contribution in [0.1, 0.15) is 17.8 Å². The van der Waals surface area contributed by atoms with E-state index in [1.807, 2.05) is 60.7 Å². The Morgan fingerprint density at radius 2 is 1.71 bits per heavy atom. The van der Waals surface area contributed by atoms with Crippen molar-refractivity contribution in [3.63, 3.8) is 0 Å². The molecule has 0 unspecified atom stereocenters. The zero-order valence-electron chi connectivity index (χ0n) is 18.9. The van der Waals surface area contributed by atoms with E-state index < -0.39 is 0 Å². The average Bonchev–Trinajstić information content (AvgIpc) is 3.25. The molecule has 4 aromatic rings. The number of benzene rings is 3. The Hall–Kier alpha value is -4.13. The predicted molar refractivity (Wildman–Crippen MR) is 133 cm³/mol. The van der Waals surface area contributed by atoms with E-state index >= 15 is 0 Å². The maximum atomic E-state index is 12.6. The van der Waals surface area contributed by atoms with Crippen molar-refractivity contribution in [3.05, 3.63) is 90.3 Å². The highest BCUT2D eigenvalue weighted by Gasteiger charge is 2.16. The maximum Gasteiger partial charge on any atom is 0.239 e. The molecule has 0 saturated carbocycles. The zero-order valence-corrected chi connectivity index (χ0v) is 18.9. The van der Waals surface area contributed by atoms with Gasteiger partial charge in [0, 0.05) is 43.9 Å². The second kappa shape index (κ2) is 9.79. The fourth-order valence-corrected chi connectivity index (χ4v) is 4.31. The minimum absolute atomic E-state index is 0.0107. The maximum absolute atomic E-state index is 12.6. The fraction of sp³-hybridized carbons (Fsp3) is 0.222. The molecule has 172 valence electrons. The van der Waals surface area contributed by atoms with Crippen LogP contribution in [0.5, 0.6) is 0 Å². The lowest BCUT2D eigenvalue weighted by Crippen LogP contribution is -2.47. The van der Waals surface area contributed by atoms with E-state index in [0.29, 0.717) is 32.5 Å². The van der Waals surface area contributed by atoms with Crippen LogP contribution in [0.25, 0.3) is 16.7 Å². The highest BCUT2D eigenvalue weighted by molar-refractivity contribution is 5.82. The molecule has 34 heavy (non-hydrogen) atoms. The van der Waals surface area contributed by atoms with Crippen LogP contribution in [0.2, 0.25) is 0 Å². The Bertz CT molecular complexity index is 1300. The van der Waals surface area contributed by atoms with Crippen LogP contribution >= 0.6 is 0 Å². The molecular weight excluding hydrogens is 426 g/mol. The number of aromatic nitrogens is 2. The van der Waals surface area contributed by atoms with Gasteiger partial charge in [0.1, 0.15) is 5.82 Å². The molecule has 0 spiro atoms. The van der Waals surface area contributed by atoms with Gasteiger partial charge in [-0.1, -0.05) is 42.5 Å². The largest absolute Gasteiger partial charge is 0.360 e. The molecule has 7 nitrogen and oxygen atoms in total. The van der Waals surface area contributed by atoms with Crippen molar-refractivity contribution in [1.29, 1.82) is 0 Å². The molecule has 2 N–H and O–H groups in total. The molecule has 0 bridgehead atoms. The summed E-state index contributed by atoms with van der Waals surface area (Å²) >= 11 is 0. The van der Waals surface area contributed by atoms with Gasteiger partial charge in [0.25, 0.3) is 0 Å². The van der Waals surface area contributed by atoms with Crippen LogP contribution in [-0.2, 0) is 22.6 Å². The number of carbonyl (C=O) groups excluding carboxylic acids is 2. The lowest BCUT2D eigenvalue weighted by molar-refractivity contribution is -0.121. The number of nitrogens with one attached hydrogen (secondary N) is 2. The summed E-state index contributed by atoms with van der Waals surface area (Å²) in [6.45, 7) is 2.31. The molecule has 0 radical (unpaired) electrons. The fourth-order valence-electron chi connectivity index (χ4n) is 4.31. The Labute approximate surface area is 198 Å². The van der Waals surface area contributed by atoms with Crippen molar-refractivity contribution in [2.75, 3.05) is 24.5 Å². The summed E-state index contributed by atoms with van der Waals surface area (Å²) in [4.78, 5) is 31.0. The number of amides is 2. The normalized spacial score (nSPS) is 13.6. The predicted octanol–water partition coefficient (Wildman–Crippen LogP) is 3.21. The van der Waals surface area contributed by atoms with E-state index in [4.69, 9.17) is 4.98 Å². The topological polar surface area (TPSA) is 79.3 Å². The lowest BCUT2D eigenvalue weighted by Gasteiger charge is -2.28. The summed E-state index contributed by atoms with van der Waals surface area (Å²) in [7, 11) is 0. The van der Waals surface area contributed by atoms with Crippen LogP contribution < -0.4 is 15.5 Å². The standard InChI is InChI=1S/C27H27N5O2/c33-26(29-18-20-10-12-21(13-11-20)31-17-16-28-27(34)19-31)15-14-25-30-23-8-4-5-9-24(23)32(25)22-6-2-1-3-7-22/h1-13H,14-19H2,(H,28,34)(H,29,33). The summed E-state index contributed by atoms with van der Waals surface area (Å²) in [6.07, 6.45) is 0.905. The summed E-state index contributed by atoms with van der Waals surface area (Å²) in [6, 6.07) is 26.1. The molecule has 1 fully saturated rings. The first-order chi connectivity index (χ1) is 16.7. The van der Waals surface area contributed by atoms with Crippen molar-refractivity contribution in [1.82, 2.24) is 20.2 Å². The zero-order chi connectivity index (χ0) is 23.3. The lowest BCUT2D eigenvalue weighted by atomic mass is 10.1. The van der Waals surface area contributed by atoms with Gasteiger partial charge in [-0.2, -0.15) is 0 Å². The molecule has 3 aromatic carbocycles. The molecule has 2 heterocycles. The number of fused-ring (bicyclic) bond motifs is 1. The molecule has 5 rings (SSSR count). The van der Waals surface area contributed by atoms with Gasteiger partial charge in [0.05, 0.1) is 17.6 Å². The third-order valence-electron chi connectivity index (χ3n) is 6.05. The molecule has 1 aromatic heterocycles. The quantitative estimate of drug-likeness (QED) is 0.450. The number of rotatable bonds is 7. The van der Waals surface area contributed by atoms with Gasteiger partial charge in [-0.15, -0.1) is 0 Å². The number of anilines is 1. The first-order valence-electron chi connectivity index (χ1n) is 11.6. The van der Waals surface area contributed by atoms with Gasteiger partial charge in [-0.25, -0.2) is 4.98 Å². The SMILES string of the molecule is O=C(CCc1nc2ccccc2n1-c1ccccc1)NCc1ccc(N2CCNC(=O)C2)cc1. The molecule has 1 aliphatic rings. The van der Waals surface area contributed by atoms with Gasteiger partial charge >= 0.3 is 0 Å². The van der Waals surface area contributed by atoms with Crippen LogP contribution in [0.3, 0.4) is 0 Å². The number of nitrogens with zero attached hydrogens (tertiary/aromatic N) is 3. The minimum Gasteiger partial charge on any atom is -0.360 e. The van der Waals surface area contributed by atoms with Gasteiger partial charge < -0.3 is 15.5 Å². The number of hydrogen-bond donors (Lipinski definition) is 2. The third-order valence-corrected chi connectivity index (χ3v) is 6.05. The van der Waals surface area contributed by atoms with Crippen molar-refractivity contribution >= 4 is 28.5 Å². The molecule has 7 heteroatoms. The van der Waals surface area contributed by atoms with Crippen LogP contribution in [0, 0.1) is 0 Å². The van der Waals surface area contributed by atoms with Gasteiger partial charge in [-0.05, 0) is 42.0 Å². The minimum atomic E-state index is -0.0107. The summed E-state index contributed by atoms with van der Waals surface area (Å²) in [5.41, 5.74) is 5.04. The van der Waals surface area contributed by atoms with E-state index in [1.165, 1.54) is 0 Å². The number of aryl methyl sites for hydroxylation is 1. The number of carbonyl (C=O) groups is 2. The number of hydrogen-bond acceptors (Lipinski definition) is 4. The van der Waals surface area contributed by atoms with E-state index in [2.05, 4.69) is 38.3 Å². The number of piperazine rings is 1. The Kier molecular flexibility index (Phi) is 6.25. The summed E-state index contributed by atoms with van der Waals surface area (Å²) in [5.74, 6) is 0.907. The monoisotopic (exact) mass is 453 g/mol. The second-order valence-corrected chi connectivity index (χ2v) is 8.40. The Morgan fingerprint density at radius 1 is 0.941 bits per heavy atom. The Balaban J connectivity index is 1.20. The third kappa shape index (κ3) is 4.78. The van der Waals surface area contributed by atoms with Crippen LogP contribution in [0.4, 0.5) is 5.69 Å². The second-order valence-electron chi connectivity index (χ2n) is 8.40. The molecule has 0 atom stereocenters. The van der Waals surface area contributed by atoms with Gasteiger partial charge in [-0.3, -0.25) is 14.2 Å². The Morgan fingerprint density at radius 3 is 2.50 bits per heavy atom. The van der Waals surface area contributed by atoms with Crippen molar-refractivity contribution in [3.8, 4) is 5.69 Å². The summed E-state index contributed by atoms with van der Waals surface area (Å²) < 4.78 is 2.13. The van der Waals surface area contributed by atoms with E-state index in [9.17, 15) is 9.59 Å². The molecule has 2 amide bonds. The van der Waals surface area contributed by atoms with E-state index in [0.717, 1.165) is 40.3 Å². The van der Waals surface area contributed by atoms with Gasteiger partial charge in [0.2, 0.25) is 11.8 Å². The van der Waals surface area contributed by atoms with E-state index in [1.54, 1.807) is 0 Å². The highest BCUT2D eigenvalue weighted by Crippen LogP contribution is 2.22. The van der Waals surface area contributed by atoms with Crippen molar-refractivity contribution < 1.29 is 9.59 Å². The smallest absolute Gasteiger partial charge is 0.239 e. The summed E-state index contributed by atoms with van der Waals surface area (Å²) in [5, 5.41) is 5.85. The van der Waals surface area contributed by atoms with Crippen LogP contribution in [0.15, 0.2) is 78.9 Å². The number of imidazole rings is 1. The van der Waals surface area contributed by atoms with Crippen LogP contribution in [-0.4, -0.2) is 41.0 Å². The van der Waals surface area contributed by atoms with Crippen molar-refractivity contribution in [2.45, 2.75) is 19.4 Å².